The standard InChI is InChI=1S/C23H30N6O5/c1-12-16(34-23(5,6)33-12)14-11-25-17-15(29(14)19(31)13-8-7-9-24-10-13)18(30)27-21(26-17)28-20(32)22(2,3)4/h7-10,12,14,16H,11H2,1-6H3,(H3,25,26,27,28,30,32)/t12-,14+,16+/m1/s1. The summed E-state index contributed by atoms with van der Waals surface area (Å²) in [6.45, 7) is 11.0. The molecule has 2 aromatic heterocycles. The molecule has 11 heteroatoms. The Morgan fingerprint density at radius 2 is 2.00 bits per heavy atom. The maximum Gasteiger partial charge on any atom is 0.278 e. The van der Waals surface area contributed by atoms with Crippen molar-refractivity contribution in [2.75, 3.05) is 22.1 Å². The monoisotopic (exact) mass is 470 g/mol. The number of amides is 2. The van der Waals surface area contributed by atoms with Crippen molar-refractivity contribution in [3.05, 3.63) is 40.4 Å². The zero-order valence-corrected chi connectivity index (χ0v) is 20.1. The Labute approximate surface area is 197 Å². The molecule has 4 heterocycles. The number of nitrogens with zero attached hydrogens (tertiary/aromatic N) is 3. The van der Waals surface area contributed by atoms with Gasteiger partial charge in [-0.25, -0.2) is 0 Å². The lowest BCUT2D eigenvalue weighted by molar-refractivity contribution is -0.146. The van der Waals surface area contributed by atoms with Gasteiger partial charge in [0.05, 0.1) is 17.7 Å². The largest absolute Gasteiger partial charge is 0.366 e. The molecule has 0 spiro atoms. The molecule has 0 aliphatic carbocycles. The summed E-state index contributed by atoms with van der Waals surface area (Å²) in [5, 5.41) is 5.77. The molecule has 2 amide bonds. The third-order valence-corrected chi connectivity index (χ3v) is 5.72. The number of hydrogen-bond acceptors (Lipinski definition) is 8. The first-order chi connectivity index (χ1) is 15.9. The molecule has 34 heavy (non-hydrogen) atoms. The minimum absolute atomic E-state index is 0.00153. The van der Waals surface area contributed by atoms with E-state index in [9.17, 15) is 14.4 Å². The summed E-state index contributed by atoms with van der Waals surface area (Å²) in [6.07, 6.45) is 2.18. The highest BCUT2D eigenvalue weighted by molar-refractivity contribution is 6.08. The van der Waals surface area contributed by atoms with Crippen LogP contribution in [0.2, 0.25) is 0 Å². The van der Waals surface area contributed by atoms with Crippen LogP contribution in [-0.4, -0.2) is 57.3 Å². The molecule has 1 saturated heterocycles. The molecule has 11 nitrogen and oxygen atoms in total. The van der Waals surface area contributed by atoms with Gasteiger partial charge in [0.15, 0.2) is 17.3 Å². The summed E-state index contributed by atoms with van der Waals surface area (Å²) in [6, 6.07) is 2.72. The molecule has 0 saturated carbocycles. The van der Waals surface area contributed by atoms with Gasteiger partial charge in [0.25, 0.3) is 11.5 Å². The van der Waals surface area contributed by atoms with Gasteiger partial charge in [-0.1, -0.05) is 20.8 Å². The van der Waals surface area contributed by atoms with Gasteiger partial charge in [0, 0.05) is 24.4 Å². The second kappa shape index (κ2) is 8.48. The molecule has 0 radical (unpaired) electrons. The normalized spacial score (nSPS) is 23.7. The van der Waals surface area contributed by atoms with E-state index in [1.807, 2.05) is 6.92 Å². The van der Waals surface area contributed by atoms with Gasteiger partial charge in [-0.2, -0.15) is 4.98 Å². The van der Waals surface area contributed by atoms with Gasteiger partial charge in [-0.3, -0.25) is 34.6 Å². The number of fused-ring (bicyclic) bond motifs is 1. The average Bonchev–Trinajstić information content (AvgIpc) is 3.04. The highest BCUT2D eigenvalue weighted by Crippen LogP contribution is 2.36. The van der Waals surface area contributed by atoms with E-state index in [-0.39, 0.29) is 36.0 Å². The lowest BCUT2D eigenvalue weighted by Crippen LogP contribution is -2.57. The number of carbonyl (C=O) groups excluding carboxylic acids is 2. The van der Waals surface area contributed by atoms with Crippen molar-refractivity contribution in [2.45, 2.75) is 65.6 Å². The van der Waals surface area contributed by atoms with E-state index in [0.717, 1.165) is 0 Å². The smallest absolute Gasteiger partial charge is 0.278 e. The predicted molar refractivity (Wildman–Crippen MR) is 126 cm³/mol. The third kappa shape index (κ3) is 4.53. The van der Waals surface area contributed by atoms with Crippen molar-refractivity contribution in [1.82, 2.24) is 15.0 Å². The van der Waals surface area contributed by atoms with Crippen LogP contribution >= 0.6 is 0 Å². The number of H-pyrrole nitrogens is 1. The van der Waals surface area contributed by atoms with E-state index >= 15 is 0 Å². The van der Waals surface area contributed by atoms with Gasteiger partial charge in [0.2, 0.25) is 11.9 Å². The fourth-order valence-corrected chi connectivity index (χ4v) is 4.13. The maximum atomic E-state index is 13.7. The van der Waals surface area contributed by atoms with Crippen LogP contribution in [0.1, 0.15) is 51.9 Å². The van der Waals surface area contributed by atoms with Gasteiger partial charge in [-0.15, -0.1) is 0 Å². The summed E-state index contributed by atoms with van der Waals surface area (Å²) in [7, 11) is 0. The van der Waals surface area contributed by atoms with Crippen LogP contribution < -0.4 is 21.1 Å². The Kier molecular flexibility index (Phi) is 5.94. The average molecular weight is 471 g/mol. The number of ether oxygens (including phenoxy) is 2. The number of rotatable bonds is 3. The molecule has 3 N–H and O–H groups in total. The summed E-state index contributed by atoms with van der Waals surface area (Å²) in [5.41, 5.74) is -0.901. The van der Waals surface area contributed by atoms with Crippen LogP contribution in [0.5, 0.6) is 0 Å². The Hall–Kier alpha value is -3.31. The molecule has 2 aliphatic heterocycles. The lowest BCUT2D eigenvalue weighted by Gasteiger charge is -2.39. The third-order valence-electron chi connectivity index (χ3n) is 5.72. The highest BCUT2D eigenvalue weighted by Gasteiger charge is 2.48. The minimum Gasteiger partial charge on any atom is -0.366 e. The van der Waals surface area contributed by atoms with Gasteiger partial charge in [-0.05, 0) is 32.9 Å². The van der Waals surface area contributed by atoms with Crippen LogP contribution in [0.15, 0.2) is 29.3 Å². The summed E-state index contributed by atoms with van der Waals surface area (Å²) in [5.74, 6) is -1.37. The molecular formula is C23H30N6O5. The van der Waals surface area contributed by atoms with E-state index in [1.165, 1.54) is 11.1 Å². The van der Waals surface area contributed by atoms with E-state index < -0.39 is 34.8 Å². The van der Waals surface area contributed by atoms with Crippen molar-refractivity contribution in [3.8, 4) is 0 Å². The summed E-state index contributed by atoms with van der Waals surface area (Å²) in [4.78, 5) is 51.7. The number of nitrogens with one attached hydrogen (secondary N) is 3. The highest BCUT2D eigenvalue weighted by atomic mass is 16.8. The quantitative estimate of drug-likeness (QED) is 0.620. The first kappa shape index (κ1) is 23.8. The molecule has 2 aromatic rings. The predicted octanol–water partition coefficient (Wildman–Crippen LogP) is 2.13. The number of carbonyl (C=O) groups is 2. The van der Waals surface area contributed by atoms with E-state index in [1.54, 1.807) is 52.9 Å². The number of anilines is 3. The van der Waals surface area contributed by atoms with Crippen LogP contribution in [0.3, 0.4) is 0 Å². The zero-order chi connectivity index (χ0) is 24.8. The van der Waals surface area contributed by atoms with Crippen LogP contribution in [0.25, 0.3) is 0 Å². The Morgan fingerprint density at radius 1 is 1.26 bits per heavy atom. The van der Waals surface area contributed by atoms with E-state index in [2.05, 4.69) is 25.6 Å². The molecular weight excluding hydrogens is 440 g/mol. The second-order valence-corrected chi connectivity index (χ2v) is 9.99. The van der Waals surface area contributed by atoms with Crippen LogP contribution in [-0.2, 0) is 14.3 Å². The topological polar surface area (TPSA) is 139 Å². The zero-order valence-electron chi connectivity index (χ0n) is 20.1. The first-order valence-corrected chi connectivity index (χ1v) is 11.2. The van der Waals surface area contributed by atoms with Gasteiger partial charge in [0.1, 0.15) is 6.10 Å². The molecule has 1 fully saturated rings. The second-order valence-electron chi connectivity index (χ2n) is 9.99. The first-order valence-electron chi connectivity index (χ1n) is 11.2. The molecule has 2 aliphatic rings. The molecule has 182 valence electrons. The van der Waals surface area contributed by atoms with Crippen molar-refractivity contribution in [1.29, 1.82) is 0 Å². The molecule has 0 unspecified atom stereocenters. The fourth-order valence-electron chi connectivity index (χ4n) is 4.13. The lowest BCUT2D eigenvalue weighted by atomic mass is 9.96. The molecule has 4 rings (SSSR count). The Balaban J connectivity index is 1.77. The molecule has 3 atom stereocenters. The van der Waals surface area contributed by atoms with Crippen LogP contribution in [0, 0.1) is 5.41 Å². The number of aromatic nitrogens is 3. The SMILES string of the molecule is C[C@H]1OC(C)(C)O[C@@H]1[C@@H]1CNc2nc(NC(=O)C(C)(C)C)[nH]c(=O)c2N1C(=O)c1cccnc1. The van der Waals surface area contributed by atoms with E-state index in [0.29, 0.717) is 5.56 Å². The van der Waals surface area contributed by atoms with Crippen molar-refractivity contribution >= 4 is 29.3 Å². The molecule has 0 aromatic carbocycles. The van der Waals surface area contributed by atoms with Crippen molar-refractivity contribution in [3.63, 3.8) is 0 Å². The van der Waals surface area contributed by atoms with Crippen molar-refractivity contribution < 1.29 is 19.1 Å². The minimum atomic E-state index is -0.834. The van der Waals surface area contributed by atoms with Gasteiger partial charge >= 0.3 is 0 Å². The Morgan fingerprint density at radius 3 is 2.59 bits per heavy atom. The van der Waals surface area contributed by atoms with E-state index in [4.69, 9.17) is 9.47 Å². The van der Waals surface area contributed by atoms with Crippen molar-refractivity contribution in [2.24, 2.45) is 5.41 Å². The summed E-state index contributed by atoms with van der Waals surface area (Å²) < 4.78 is 12.0. The summed E-state index contributed by atoms with van der Waals surface area (Å²) >= 11 is 0. The molecule has 0 bridgehead atoms. The van der Waals surface area contributed by atoms with Crippen LogP contribution in [0.4, 0.5) is 17.5 Å². The fraction of sp³-hybridized carbons (Fsp3) is 0.522. The Bertz CT molecular complexity index is 1160. The number of aromatic amines is 1. The number of pyridine rings is 1. The van der Waals surface area contributed by atoms with Gasteiger partial charge < -0.3 is 14.8 Å². The number of hydrogen-bond donors (Lipinski definition) is 3. The maximum absolute atomic E-state index is 13.7.